The zero-order valence-corrected chi connectivity index (χ0v) is 12.4. The smallest absolute Gasteiger partial charge is 0.127 e. The van der Waals surface area contributed by atoms with Gasteiger partial charge >= 0.3 is 0 Å². The van der Waals surface area contributed by atoms with Crippen molar-refractivity contribution in [1.82, 2.24) is 10.2 Å². The van der Waals surface area contributed by atoms with Crippen molar-refractivity contribution in [3.63, 3.8) is 0 Å². The van der Waals surface area contributed by atoms with E-state index in [-0.39, 0.29) is 0 Å². The molecule has 2 fully saturated rings. The van der Waals surface area contributed by atoms with Gasteiger partial charge in [-0.1, -0.05) is 6.07 Å². The molecule has 0 aliphatic carbocycles. The quantitative estimate of drug-likeness (QED) is 0.910. The summed E-state index contributed by atoms with van der Waals surface area (Å²) in [5.41, 5.74) is 1.24. The first-order valence-corrected chi connectivity index (χ1v) is 7.47. The van der Waals surface area contributed by atoms with E-state index in [1.807, 2.05) is 12.1 Å². The molecule has 4 nitrogen and oxygen atoms in total. The van der Waals surface area contributed by atoms with Crippen LogP contribution in [0.1, 0.15) is 18.4 Å². The number of nitrogens with zero attached hydrogens (tertiary/aromatic N) is 1. The molecule has 2 heterocycles. The Morgan fingerprint density at radius 2 is 2.15 bits per heavy atom. The Balaban J connectivity index is 1.68. The zero-order valence-electron chi connectivity index (χ0n) is 12.4. The first-order chi connectivity index (χ1) is 9.80. The third kappa shape index (κ3) is 2.76. The molecule has 0 spiro atoms. The van der Waals surface area contributed by atoms with Gasteiger partial charge in [0, 0.05) is 37.3 Å². The lowest BCUT2D eigenvalue weighted by Gasteiger charge is -2.24. The number of methoxy groups -OCH3 is 2. The minimum absolute atomic E-state index is 0.688. The van der Waals surface area contributed by atoms with E-state index in [0.29, 0.717) is 6.04 Å². The van der Waals surface area contributed by atoms with E-state index in [0.717, 1.165) is 30.5 Å². The fraction of sp³-hybridized carbons (Fsp3) is 0.625. The van der Waals surface area contributed by atoms with Crippen LogP contribution in [-0.4, -0.2) is 44.8 Å². The molecule has 0 radical (unpaired) electrons. The fourth-order valence-electron chi connectivity index (χ4n) is 3.49. The molecular formula is C16H24N2O2. The van der Waals surface area contributed by atoms with Gasteiger partial charge in [0.2, 0.25) is 0 Å². The molecule has 2 saturated heterocycles. The Morgan fingerprint density at radius 1 is 1.25 bits per heavy atom. The molecule has 4 heteroatoms. The van der Waals surface area contributed by atoms with Gasteiger partial charge in [-0.2, -0.15) is 0 Å². The van der Waals surface area contributed by atoms with Crippen molar-refractivity contribution in [3.05, 3.63) is 23.8 Å². The number of hydrogen-bond acceptors (Lipinski definition) is 4. The minimum Gasteiger partial charge on any atom is -0.497 e. The summed E-state index contributed by atoms with van der Waals surface area (Å²) >= 11 is 0. The molecule has 1 N–H and O–H groups in total. The third-order valence-electron chi connectivity index (χ3n) is 4.56. The fourth-order valence-corrected chi connectivity index (χ4v) is 3.49. The Labute approximate surface area is 121 Å². The van der Waals surface area contributed by atoms with Crippen LogP contribution < -0.4 is 14.8 Å². The molecule has 0 saturated carbocycles. The second-order valence-corrected chi connectivity index (χ2v) is 5.83. The lowest BCUT2D eigenvalue weighted by Crippen LogP contribution is -2.40. The van der Waals surface area contributed by atoms with E-state index in [4.69, 9.17) is 9.47 Å². The molecule has 0 unspecified atom stereocenters. The van der Waals surface area contributed by atoms with Crippen molar-refractivity contribution in [2.24, 2.45) is 5.92 Å². The summed E-state index contributed by atoms with van der Waals surface area (Å²) in [7, 11) is 3.41. The van der Waals surface area contributed by atoms with Crippen LogP contribution in [0.3, 0.4) is 0 Å². The van der Waals surface area contributed by atoms with Crippen LogP contribution in [0, 0.1) is 5.92 Å². The molecule has 20 heavy (non-hydrogen) atoms. The molecule has 2 aliphatic heterocycles. The van der Waals surface area contributed by atoms with Gasteiger partial charge in [0.25, 0.3) is 0 Å². The predicted molar refractivity (Wildman–Crippen MR) is 79.3 cm³/mol. The van der Waals surface area contributed by atoms with E-state index in [1.165, 1.54) is 31.5 Å². The van der Waals surface area contributed by atoms with Crippen LogP contribution in [0.25, 0.3) is 0 Å². The van der Waals surface area contributed by atoms with Crippen LogP contribution >= 0.6 is 0 Å². The molecule has 110 valence electrons. The van der Waals surface area contributed by atoms with E-state index >= 15 is 0 Å². The monoisotopic (exact) mass is 276 g/mol. The molecule has 3 rings (SSSR count). The lowest BCUT2D eigenvalue weighted by atomic mass is 9.94. The standard InChI is InChI=1S/C16H24N2O2/c1-19-14-6-5-13(16(8-14)20-2)10-18-9-12-4-3-7-17-15(12)11-18/h5-6,8,12,15,17H,3-4,7,9-11H2,1-2H3/t12-,15+/m0/s1. The van der Waals surface area contributed by atoms with E-state index in [2.05, 4.69) is 16.3 Å². The van der Waals surface area contributed by atoms with Gasteiger partial charge in [0.05, 0.1) is 14.2 Å². The summed E-state index contributed by atoms with van der Waals surface area (Å²) in [5, 5.41) is 3.65. The Morgan fingerprint density at radius 3 is 2.90 bits per heavy atom. The van der Waals surface area contributed by atoms with Crippen molar-refractivity contribution in [2.45, 2.75) is 25.4 Å². The lowest BCUT2D eigenvalue weighted by molar-refractivity contribution is 0.304. The highest BCUT2D eigenvalue weighted by Crippen LogP contribution is 2.30. The Kier molecular flexibility index (Phi) is 4.13. The van der Waals surface area contributed by atoms with Crippen molar-refractivity contribution < 1.29 is 9.47 Å². The highest BCUT2D eigenvalue weighted by molar-refractivity contribution is 5.40. The van der Waals surface area contributed by atoms with Gasteiger partial charge in [-0.05, 0) is 31.4 Å². The first-order valence-electron chi connectivity index (χ1n) is 7.47. The predicted octanol–water partition coefficient (Wildman–Crippen LogP) is 1.89. The van der Waals surface area contributed by atoms with Crippen molar-refractivity contribution >= 4 is 0 Å². The van der Waals surface area contributed by atoms with Crippen molar-refractivity contribution in [2.75, 3.05) is 33.9 Å². The van der Waals surface area contributed by atoms with Crippen LogP contribution in [0.5, 0.6) is 11.5 Å². The average molecular weight is 276 g/mol. The molecule has 1 aromatic rings. The van der Waals surface area contributed by atoms with Crippen molar-refractivity contribution in [3.8, 4) is 11.5 Å². The zero-order chi connectivity index (χ0) is 13.9. The van der Waals surface area contributed by atoms with E-state index in [1.54, 1.807) is 14.2 Å². The molecule has 1 aromatic carbocycles. The summed E-state index contributed by atoms with van der Waals surface area (Å²) < 4.78 is 10.7. The number of piperidine rings is 1. The van der Waals surface area contributed by atoms with Crippen LogP contribution in [0.2, 0.25) is 0 Å². The number of ether oxygens (including phenoxy) is 2. The van der Waals surface area contributed by atoms with Crippen LogP contribution in [0.4, 0.5) is 0 Å². The average Bonchev–Trinajstić information content (AvgIpc) is 2.90. The van der Waals surface area contributed by atoms with Crippen LogP contribution in [-0.2, 0) is 6.54 Å². The number of hydrogen-bond donors (Lipinski definition) is 1. The van der Waals surface area contributed by atoms with Gasteiger partial charge in [0.15, 0.2) is 0 Å². The number of benzene rings is 1. The van der Waals surface area contributed by atoms with Crippen LogP contribution in [0.15, 0.2) is 18.2 Å². The minimum atomic E-state index is 0.688. The Bertz CT molecular complexity index is 450. The number of likely N-dealkylation sites (tertiary alicyclic amines) is 1. The van der Waals surface area contributed by atoms with Gasteiger partial charge in [-0.15, -0.1) is 0 Å². The molecule has 2 aliphatic rings. The molecule has 0 amide bonds. The number of nitrogens with one attached hydrogen (secondary N) is 1. The van der Waals surface area contributed by atoms with Gasteiger partial charge < -0.3 is 14.8 Å². The maximum Gasteiger partial charge on any atom is 0.127 e. The highest BCUT2D eigenvalue weighted by atomic mass is 16.5. The Hall–Kier alpha value is -1.26. The summed E-state index contributed by atoms with van der Waals surface area (Å²) in [6, 6.07) is 6.79. The summed E-state index contributed by atoms with van der Waals surface area (Å²) in [4.78, 5) is 2.54. The topological polar surface area (TPSA) is 33.7 Å². The molecular weight excluding hydrogens is 252 g/mol. The normalized spacial score (nSPS) is 26.3. The maximum atomic E-state index is 5.49. The summed E-state index contributed by atoms with van der Waals surface area (Å²) in [6.45, 7) is 4.50. The first kappa shape index (κ1) is 13.7. The number of fused-ring (bicyclic) bond motifs is 1. The third-order valence-corrected chi connectivity index (χ3v) is 4.56. The maximum absolute atomic E-state index is 5.49. The highest BCUT2D eigenvalue weighted by Gasteiger charge is 2.34. The number of rotatable bonds is 4. The van der Waals surface area contributed by atoms with Gasteiger partial charge in [-0.3, -0.25) is 4.90 Å². The SMILES string of the molecule is COc1ccc(CN2C[C@@H]3CCCN[C@@H]3C2)c(OC)c1. The molecule has 0 bridgehead atoms. The van der Waals surface area contributed by atoms with E-state index < -0.39 is 0 Å². The van der Waals surface area contributed by atoms with E-state index in [9.17, 15) is 0 Å². The van der Waals surface area contributed by atoms with Gasteiger partial charge in [0.1, 0.15) is 11.5 Å². The summed E-state index contributed by atoms with van der Waals surface area (Å²) in [5.74, 6) is 2.60. The second kappa shape index (κ2) is 6.02. The van der Waals surface area contributed by atoms with Crippen molar-refractivity contribution in [1.29, 1.82) is 0 Å². The van der Waals surface area contributed by atoms with Gasteiger partial charge in [-0.25, -0.2) is 0 Å². The largest absolute Gasteiger partial charge is 0.497 e. The second-order valence-electron chi connectivity index (χ2n) is 5.83. The molecule has 0 aromatic heterocycles. The summed E-state index contributed by atoms with van der Waals surface area (Å²) in [6.07, 6.45) is 2.69. The molecule has 2 atom stereocenters.